The van der Waals surface area contributed by atoms with Crippen molar-refractivity contribution in [3.63, 3.8) is 0 Å². The Kier molecular flexibility index (Phi) is 6.42. The van der Waals surface area contributed by atoms with Gasteiger partial charge >= 0.3 is 12.3 Å². The molecule has 3 aromatic carbocycles. The first-order valence-electron chi connectivity index (χ1n) is 11.9. The molecule has 1 saturated carbocycles. The number of ether oxygens (including phenoxy) is 3. The standard InChI is InChI=1S/C28H24F3NO6/c1-36-20-9-10-21-22(15-23(37-24(21)14-20)16-3-2-4-17(13-16)25(33)34)32-26(35)27(11-12-27)18-5-7-19(8-6-18)38-28(29,30)31/h2-10,13-14,22-23H,11-12,15H2,1H3,(H,32,35)(H,33,34)/t22-,23-/m1/s1. The van der Waals surface area contributed by atoms with Crippen LogP contribution in [-0.2, 0) is 10.2 Å². The van der Waals surface area contributed by atoms with Crippen molar-refractivity contribution in [1.82, 2.24) is 5.32 Å². The van der Waals surface area contributed by atoms with E-state index in [1.165, 1.54) is 37.4 Å². The Bertz CT molecular complexity index is 1370. The molecule has 1 fully saturated rings. The van der Waals surface area contributed by atoms with Gasteiger partial charge in [0.1, 0.15) is 23.4 Å². The first kappa shape index (κ1) is 25.4. The van der Waals surface area contributed by atoms with Gasteiger partial charge in [-0.2, -0.15) is 0 Å². The highest BCUT2D eigenvalue weighted by molar-refractivity contribution is 5.91. The average Bonchev–Trinajstić information content (AvgIpc) is 3.70. The van der Waals surface area contributed by atoms with Crippen molar-refractivity contribution in [3.05, 3.63) is 89.0 Å². The number of benzene rings is 3. The smallest absolute Gasteiger partial charge is 0.497 e. The van der Waals surface area contributed by atoms with Crippen LogP contribution in [0.5, 0.6) is 17.2 Å². The summed E-state index contributed by atoms with van der Waals surface area (Å²) in [6.45, 7) is 0. The number of fused-ring (bicyclic) bond motifs is 1. The van der Waals surface area contributed by atoms with Crippen LogP contribution in [0.1, 0.15) is 58.5 Å². The number of amides is 1. The molecule has 10 heteroatoms. The lowest BCUT2D eigenvalue weighted by molar-refractivity contribution is -0.274. The van der Waals surface area contributed by atoms with Crippen LogP contribution in [0, 0.1) is 0 Å². The number of carboxylic acids is 1. The molecule has 2 atom stereocenters. The highest BCUT2D eigenvalue weighted by atomic mass is 19.4. The summed E-state index contributed by atoms with van der Waals surface area (Å²) in [5.74, 6) is -0.583. The Morgan fingerprint density at radius 2 is 1.74 bits per heavy atom. The fourth-order valence-corrected chi connectivity index (χ4v) is 4.83. The number of hydrogen-bond acceptors (Lipinski definition) is 5. The van der Waals surface area contributed by atoms with E-state index < -0.39 is 29.9 Å². The summed E-state index contributed by atoms with van der Waals surface area (Å²) < 4.78 is 53.1. The number of halogens is 3. The molecule has 1 heterocycles. The minimum absolute atomic E-state index is 0.123. The van der Waals surface area contributed by atoms with Crippen molar-refractivity contribution < 1.29 is 42.1 Å². The van der Waals surface area contributed by atoms with Crippen molar-refractivity contribution in [2.45, 2.75) is 43.2 Å². The summed E-state index contributed by atoms with van der Waals surface area (Å²) in [6, 6.07) is 16.7. The van der Waals surface area contributed by atoms with Crippen molar-refractivity contribution in [1.29, 1.82) is 0 Å². The van der Waals surface area contributed by atoms with E-state index in [-0.39, 0.29) is 17.2 Å². The summed E-state index contributed by atoms with van der Waals surface area (Å²) in [4.78, 5) is 25.1. The van der Waals surface area contributed by atoms with E-state index in [4.69, 9.17) is 9.47 Å². The average molecular weight is 527 g/mol. The molecule has 1 aliphatic heterocycles. The van der Waals surface area contributed by atoms with Gasteiger partial charge in [-0.25, -0.2) is 4.79 Å². The Morgan fingerprint density at radius 1 is 1.03 bits per heavy atom. The molecule has 2 N–H and O–H groups in total. The second-order valence-corrected chi connectivity index (χ2v) is 9.36. The number of carbonyl (C=O) groups excluding carboxylic acids is 1. The summed E-state index contributed by atoms with van der Waals surface area (Å²) >= 11 is 0. The zero-order chi connectivity index (χ0) is 27.1. The van der Waals surface area contributed by atoms with Crippen LogP contribution in [0.15, 0.2) is 66.7 Å². The van der Waals surface area contributed by atoms with Crippen molar-refractivity contribution in [3.8, 4) is 17.2 Å². The predicted octanol–water partition coefficient (Wildman–Crippen LogP) is 5.70. The van der Waals surface area contributed by atoms with Gasteiger partial charge in [0.25, 0.3) is 0 Å². The van der Waals surface area contributed by atoms with Gasteiger partial charge in [0.15, 0.2) is 0 Å². The minimum Gasteiger partial charge on any atom is -0.497 e. The lowest BCUT2D eigenvalue weighted by Gasteiger charge is -2.34. The Labute approximate surface area is 216 Å². The minimum atomic E-state index is -4.80. The van der Waals surface area contributed by atoms with Crippen LogP contribution in [0.3, 0.4) is 0 Å². The zero-order valence-corrected chi connectivity index (χ0v) is 20.2. The Morgan fingerprint density at radius 3 is 2.37 bits per heavy atom. The molecule has 198 valence electrons. The van der Waals surface area contributed by atoms with Crippen LogP contribution in [0.4, 0.5) is 13.2 Å². The fraction of sp³-hybridized carbons (Fsp3) is 0.286. The summed E-state index contributed by atoms with van der Waals surface area (Å²) in [7, 11) is 1.53. The van der Waals surface area contributed by atoms with Gasteiger partial charge in [0.2, 0.25) is 5.91 Å². The molecule has 0 bridgehead atoms. The zero-order valence-electron chi connectivity index (χ0n) is 20.2. The maximum Gasteiger partial charge on any atom is 0.573 e. The number of carbonyl (C=O) groups is 2. The molecule has 7 nitrogen and oxygen atoms in total. The van der Waals surface area contributed by atoms with E-state index in [9.17, 15) is 27.9 Å². The van der Waals surface area contributed by atoms with E-state index >= 15 is 0 Å². The van der Waals surface area contributed by atoms with E-state index in [1.807, 2.05) is 6.07 Å². The van der Waals surface area contributed by atoms with Gasteiger partial charge in [-0.15, -0.1) is 13.2 Å². The number of rotatable bonds is 7. The maximum absolute atomic E-state index is 13.6. The van der Waals surface area contributed by atoms with E-state index in [1.54, 1.807) is 30.3 Å². The van der Waals surface area contributed by atoms with E-state index in [2.05, 4.69) is 10.1 Å². The number of hydrogen-bond donors (Lipinski definition) is 2. The van der Waals surface area contributed by atoms with Crippen molar-refractivity contribution in [2.24, 2.45) is 0 Å². The molecular weight excluding hydrogens is 503 g/mol. The molecule has 5 rings (SSSR count). The predicted molar refractivity (Wildman–Crippen MR) is 129 cm³/mol. The highest BCUT2D eigenvalue weighted by Gasteiger charge is 2.52. The largest absolute Gasteiger partial charge is 0.573 e. The summed E-state index contributed by atoms with van der Waals surface area (Å²) in [5.41, 5.74) is 1.28. The molecule has 3 aromatic rings. The number of carboxylic acid groups (broad SMARTS) is 1. The van der Waals surface area contributed by atoms with Crippen LogP contribution in [-0.4, -0.2) is 30.5 Å². The molecule has 0 aromatic heterocycles. The Hall–Kier alpha value is -4.21. The first-order chi connectivity index (χ1) is 18.1. The molecular formula is C28H24F3NO6. The summed E-state index contributed by atoms with van der Waals surface area (Å²) in [5, 5.41) is 12.5. The number of alkyl halides is 3. The van der Waals surface area contributed by atoms with Gasteiger partial charge in [-0.3, -0.25) is 4.79 Å². The highest BCUT2D eigenvalue weighted by Crippen LogP contribution is 2.50. The van der Waals surface area contributed by atoms with Crippen molar-refractivity contribution >= 4 is 11.9 Å². The SMILES string of the molecule is COc1ccc2c(c1)O[C@@H](c1cccc(C(=O)O)c1)C[C@H]2NC(=O)C1(c2ccc(OC(F)(F)F)cc2)CC1. The van der Waals surface area contributed by atoms with Crippen LogP contribution < -0.4 is 19.5 Å². The van der Waals surface area contributed by atoms with E-state index in [0.717, 1.165) is 5.56 Å². The third-order valence-electron chi connectivity index (χ3n) is 6.95. The number of aromatic carboxylic acids is 1. The molecule has 1 amide bonds. The fourth-order valence-electron chi connectivity index (χ4n) is 4.83. The number of methoxy groups -OCH3 is 1. The second kappa shape index (κ2) is 9.59. The van der Waals surface area contributed by atoms with Gasteiger partial charge in [0.05, 0.1) is 24.1 Å². The molecule has 0 spiro atoms. The quantitative estimate of drug-likeness (QED) is 0.409. The monoisotopic (exact) mass is 527 g/mol. The van der Waals surface area contributed by atoms with Gasteiger partial charge in [-0.05, 0) is 60.4 Å². The normalized spacial score (nSPS) is 19.5. The maximum atomic E-state index is 13.6. The van der Waals surface area contributed by atoms with Gasteiger partial charge in [0, 0.05) is 18.1 Å². The Balaban J connectivity index is 1.41. The molecule has 0 saturated heterocycles. The molecule has 38 heavy (non-hydrogen) atoms. The van der Waals surface area contributed by atoms with Crippen LogP contribution in [0.25, 0.3) is 0 Å². The summed E-state index contributed by atoms with van der Waals surface area (Å²) in [6.07, 6.45) is -3.87. The molecule has 1 aliphatic carbocycles. The molecule has 2 aliphatic rings. The van der Waals surface area contributed by atoms with Crippen molar-refractivity contribution in [2.75, 3.05) is 7.11 Å². The second-order valence-electron chi connectivity index (χ2n) is 9.36. The van der Waals surface area contributed by atoms with Crippen LogP contribution in [0.2, 0.25) is 0 Å². The first-order valence-corrected chi connectivity index (χ1v) is 11.9. The van der Waals surface area contributed by atoms with E-state index in [0.29, 0.717) is 41.9 Å². The third-order valence-corrected chi connectivity index (χ3v) is 6.95. The van der Waals surface area contributed by atoms with Gasteiger partial charge < -0.3 is 24.6 Å². The lowest BCUT2D eigenvalue weighted by atomic mass is 9.90. The third kappa shape index (κ3) is 5.11. The topological polar surface area (TPSA) is 94.1 Å². The molecule has 0 radical (unpaired) electrons. The number of nitrogens with one attached hydrogen (secondary N) is 1. The van der Waals surface area contributed by atoms with Crippen LogP contribution >= 0.6 is 0 Å². The van der Waals surface area contributed by atoms with Gasteiger partial charge in [-0.1, -0.05) is 24.3 Å². The lowest BCUT2D eigenvalue weighted by Crippen LogP contribution is -2.39. The molecule has 0 unspecified atom stereocenters.